The Labute approximate surface area is 179 Å². The van der Waals surface area contributed by atoms with Gasteiger partial charge in [0.1, 0.15) is 0 Å². The smallest absolute Gasteiger partial charge is 0.550 e. The number of ether oxygens (including phenoxy) is 2. The molecule has 1 atom stereocenters. The summed E-state index contributed by atoms with van der Waals surface area (Å²) in [5.74, 6) is -1.67. The van der Waals surface area contributed by atoms with Crippen molar-refractivity contribution < 1.29 is 58.5 Å². The molecule has 1 rings (SSSR count). The average molecular weight is 394 g/mol. The molecule has 0 aliphatic carbocycles. The zero-order chi connectivity index (χ0) is 18.7. The number of benzene rings is 1. The number of hydrogen-bond donors (Lipinski definition) is 1. The van der Waals surface area contributed by atoms with Crippen LogP contribution in [0.4, 0.5) is 4.79 Å². The summed E-state index contributed by atoms with van der Waals surface area (Å²) in [5, 5.41) is 13.7. The molecule has 0 heterocycles. The maximum absolute atomic E-state index is 11.8. The second kappa shape index (κ2) is 13.9. The van der Waals surface area contributed by atoms with Crippen molar-refractivity contribution in [2.45, 2.75) is 45.1 Å². The zero-order valence-corrected chi connectivity index (χ0v) is 17.7. The molecule has 0 saturated heterocycles. The Morgan fingerprint density at radius 3 is 2.38 bits per heavy atom. The second-order valence-electron chi connectivity index (χ2n) is 5.33. The molecule has 7 nitrogen and oxygen atoms in total. The van der Waals surface area contributed by atoms with E-state index in [1.807, 2.05) is 6.92 Å². The molecule has 1 aromatic rings. The van der Waals surface area contributed by atoms with Gasteiger partial charge in [0.05, 0.1) is 6.04 Å². The Morgan fingerprint density at radius 2 is 1.81 bits per heavy atom. The number of halogens is 1. The molecule has 0 fully saturated rings. The van der Waals surface area contributed by atoms with Crippen molar-refractivity contribution in [3.63, 3.8) is 0 Å². The van der Waals surface area contributed by atoms with Crippen molar-refractivity contribution in [1.29, 1.82) is 0 Å². The third kappa shape index (κ3) is 10.7. The van der Waals surface area contributed by atoms with Crippen molar-refractivity contribution >= 4 is 29.6 Å². The number of amides is 1. The number of unbranched alkanes of at least 4 members (excludes halogenated alkanes) is 1. The predicted octanol–water partition coefficient (Wildman–Crippen LogP) is -0.668. The Kier molecular flexibility index (Phi) is 13.2. The van der Waals surface area contributed by atoms with Crippen LogP contribution in [0.5, 0.6) is 0 Å². The molecule has 0 spiro atoms. The number of carbonyl (C=O) groups excluding carboxylic acids is 3. The molecule has 0 aromatic heterocycles. The fourth-order valence-corrected chi connectivity index (χ4v) is 2.13. The Balaban J connectivity index is 0.00000625. The molecule has 0 saturated carbocycles. The summed E-state index contributed by atoms with van der Waals surface area (Å²) < 4.78 is 9.57. The molecule has 1 N–H and O–H groups in total. The molecule has 0 aliphatic rings. The van der Waals surface area contributed by atoms with Gasteiger partial charge in [-0.3, -0.25) is 4.79 Å². The van der Waals surface area contributed by atoms with Crippen LogP contribution in [0.25, 0.3) is 0 Å². The van der Waals surface area contributed by atoms with Crippen LogP contribution in [0.15, 0.2) is 24.3 Å². The standard InChI is InChI=1S/C17H22ClNO6.Na/c1-2-3-4-16(22)24-11-25-17(23)19-14(9-10-15(20)21)12-5-7-13(18)8-6-12;/h5-8,14H,2-4,9-11H2,1H3,(H,19,23)(H,20,21);/q;+1/p-1. The molecular weight excluding hydrogens is 373 g/mol. The third-order valence-corrected chi connectivity index (χ3v) is 3.60. The second-order valence-corrected chi connectivity index (χ2v) is 5.77. The van der Waals surface area contributed by atoms with Gasteiger partial charge in [0.2, 0.25) is 6.79 Å². The van der Waals surface area contributed by atoms with Crippen molar-refractivity contribution in [3.8, 4) is 0 Å². The fraction of sp³-hybridized carbons (Fsp3) is 0.471. The zero-order valence-electron chi connectivity index (χ0n) is 15.0. The minimum absolute atomic E-state index is 0. The summed E-state index contributed by atoms with van der Waals surface area (Å²) in [6.45, 7) is 1.45. The number of aliphatic carboxylic acids is 1. The van der Waals surface area contributed by atoms with Crippen LogP contribution in [0.3, 0.4) is 0 Å². The molecule has 1 amide bonds. The molecule has 138 valence electrons. The Morgan fingerprint density at radius 1 is 1.15 bits per heavy atom. The maximum Gasteiger partial charge on any atom is 1.00 e. The summed E-state index contributed by atoms with van der Waals surface area (Å²) in [6.07, 6.45) is 0.890. The van der Waals surface area contributed by atoms with E-state index in [1.54, 1.807) is 24.3 Å². The maximum atomic E-state index is 11.8. The van der Waals surface area contributed by atoms with E-state index in [2.05, 4.69) is 5.32 Å². The van der Waals surface area contributed by atoms with Gasteiger partial charge in [-0.1, -0.05) is 37.1 Å². The van der Waals surface area contributed by atoms with Gasteiger partial charge < -0.3 is 24.7 Å². The monoisotopic (exact) mass is 393 g/mol. The SMILES string of the molecule is CCCCC(=O)OCOC(=O)NC(CCC(=O)[O-])c1ccc(Cl)cc1.[Na+]. The number of carboxylic acid groups (broad SMARTS) is 1. The summed E-state index contributed by atoms with van der Waals surface area (Å²) >= 11 is 5.82. The van der Waals surface area contributed by atoms with E-state index in [4.69, 9.17) is 21.1 Å². The fourth-order valence-electron chi connectivity index (χ4n) is 2.01. The number of carboxylic acids is 1. The topological polar surface area (TPSA) is 105 Å². The number of nitrogens with one attached hydrogen (secondary N) is 1. The number of esters is 1. The summed E-state index contributed by atoms with van der Waals surface area (Å²) in [4.78, 5) is 33.8. The molecule has 1 aromatic carbocycles. The van der Waals surface area contributed by atoms with Crippen LogP contribution in [-0.4, -0.2) is 24.8 Å². The first-order chi connectivity index (χ1) is 11.9. The van der Waals surface area contributed by atoms with Crippen LogP contribution in [0, 0.1) is 0 Å². The van der Waals surface area contributed by atoms with Crippen molar-refractivity contribution in [2.75, 3.05) is 6.79 Å². The molecule has 9 heteroatoms. The van der Waals surface area contributed by atoms with Crippen LogP contribution >= 0.6 is 11.6 Å². The summed E-state index contributed by atoms with van der Waals surface area (Å²) in [6, 6.07) is 6.01. The summed E-state index contributed by atoms with van der Waals surface area (Å²) in [7, 11) is 0. The number of alkyl carbamates (subject to hydrolysis) is 1. The van der Waals surface area contributed by atoms with Gasteiger partial charge in [0.15, 0.2) is 0 Å². The largest absolute Gasteiger partial charge is 1.00 e. The van der Waals surface area contributed by atoms with E-state index in [9.17, 15) is 19.5 Å². The van der Waals surface area contributed by atoms with E-state index in [0.717, 1.165) is 6.42 Å². The van der Waals surface area contributed by atoms with Gasteiger partial charge >= 0.3 is 41.6 Å². The van der Waals surface area contributed by atoms with Gasteiger partial charge in [0, 0.05) is 17.4 Å². The molecule has 0 aliphatic heterocycles. The van der Waals surface area contributed by atoms with E-state index in [1.165, 1.54) is 0 Å². The van der Waals surface area contributed by atoms with E-state index < -0.39 is 30.9 Å². The van der Waals surface area contributed by atoms with Crippen LogP contribution in [-0.2, 0) is 19.1 Å². The van der Waals surface area contributed by atoms with Crippen LogP contribution < -0.4 is 40.0 Å². The molecule has 26 heavy (non-hydrogen) atoms. The van der Waals surface area contributed by atoms with Gasteiger partial charge in [-0.15, -0.1) is 0 Å². The van der Waals surface area contributed by atoms with Crippen LogP contribution in [0.1, 0.15) is 50.6 Å². The van der Waals surface area contributed by atoms with Gasteiger partial charge in [-0.25, -0.2) is 4.79 Å². The number of hydrogen-bond acceptors (Lipinski definition) is 6. The predicted molar refractivity (Wildman–Crippen MR) is 88.5 cm³/mol. The van der Waals surface area contributed by atoms with E-state index >= 15 is 0 Å². The third-order valence-electron chi connectivity index (χ3n) is 3.35. The quantitative estimate of drug-likeness (QED) is 0.321. The van der Waals surface area contributed by atoms with E-state index in [-0.39, 0.29) is 48.8 Å². The van der Waals surface area contributed by atoms with Crippen LogP contribution in [0.2, 0.25) is 5.02 Å². The van der Waals surface area contributed by atoms with E-state index in [0.29, 0.717) is 17.0 Å². The van der Waals surface area contributed by atoms with Crippen molar-refractivity contribution in [3.05, 3.63) is 34.9 Å². The first-order valence-corrected chi connectivity index (χ1v) is 8.34. The molecule has 0 radical (unpaired) electrons. The normalized spacial score (nSPS) is 11.0. The molecular formula is C17H21ClNNaO6. The molecule has 1 unspecified atom stereocenters. The molecule has 0 bridgehead atoms. The first-order valence-electron chi connectivity index (χ1n) is 7.96. The van der Waals surface area contributed by atoms with Gasteiger partial charge in [-0.05, 0) is 37.0 Å². The van der Waals surface area contributed by atoms with Gasteiger partial charge in [0.25, 0.3) is 0 Å². The Bertz CT molecular complexity index is 581. The first kappa shape index (κ1) is 24.7. The summed E-state index contributed by atoms with van der Waals surface area (Å²) in [5.41, 5.74) is 0.669. The average Bonchev–Trinajstić information content (AvgIpc) is 2.57. The van der Waals surface area contributed by atoms with Crippen molar-refractivity contribution in [2.24, 2.45) is 0 Å². The minimum Gasteiger partial charge on any atom is -0.550 e. The number of rotatable bonds is 10. The Hall–Kier alpha value is -1.28. The van der Waals surface area contributed by atoms with Gasteiger partial charge in [-0.2, -0.15) is 0 Å². The number of carbonyl (C=O) groups is 3. The van der Waals surface area contributed by atoms with Crippen molar-refractivity contribution in [1.82, 2.24) is 5.32 Å². The minimum atomic E-state index is -1.22.